The van der Waals surface area contributed by atoms with Crippen LogP contribution >= 0.6 is 27.5 Å². The van der Waals surface area contributed by atoms with E-state index in [1.807, 2.05) is 6.92 Å². The topological polar surface area (TPSA) is 103 Å². The maximum absolute atomic E-state index is 12.2. The van der Waals surface area contributed by atoms with Gasteiger partial charge in [-0.2, -0.15) is 5.10 Å². The highest BCUT2D eigenvalue weighted by atomic mass is 79.9. The monoisotopic (exact) mass is 531 g/mol. The van der Waals surface area contributed by atoms with Gasteiger partial charge in [-0.05, 0) is 82.5 Å². The third-order valence-electron chi connectivity index (χ3n) is 4.35. The molecule has 3 aromatic carbocycles. The summed E-state index contributed by atoms with van der Waals surface area (Å²) in [7, 11) is 0. The Morgan fingerprint density at radius 2 is 1.85 bits per heavy atom. The van der Waals surface area contributed by atoms with Crippen LogP contribution < -0.4 is 14.9 Å². The number of hydrogen-bond acceptors (Lipinski definition) is 6. The lowest BCUT2D eigenvalue weighted by Gasteiger charge is -2.14. The Labute approximate surface area is 203 Å². The molecule has 0 radical (unpaired) electrons. The molecule has 0 unspecified atom stereocenters. The Balaban J connectivity index is 1.70. The highest BCUT2D eigenvalue weighted by molar-refractivity contribution is 9.10. The molecule has 0 atom stereocenters. The van der Waals surface area contributed by atoms with Crippen LogP contribution in [0.5, 0.6) is 11.5 Å². The molecular weight excluding hydrogens is 514 g/mol. The zero-order valence-corrected chi connectivity index (χ0v) is 19.8. The number of halogens is 2. The van der Waals surface area contributed by atoms with Crippen LogP contribution in [0.1, 0.15) is 28.4 Å². The van der Waals surface area contributed by atoms with Gasteiger partial charge in [0.05, 0.1) is 22.2 Å². The number of non-ortho nitro benzene ring substituents is 1. The van der Waals surface area contributed by atoms with Crippen molar-refractivity contribution in [2.45, 2.75) is 13.5 Å². The predicted octanol–water partition coefficient (Wildman–Crippen LogP) is 5.75. The number of carbonyl (C=O) groups is 1. The third-order valence-corrected chi connectivity index (χ3v) is 5.19. The molecule has 0 aliphatic carbocycles. The standard InChI is InChI=1S/C23H19BrClN3O5/c1-2-32-21-12-16(13-26-27-23(29)17-5-7-18(25)8-6-17)11-20(24)22(21)33-14-15-3-9-19(10-4-15)28(30)31/h3-13H,2,14H2,1H3,(H,27,29)/b26-13+. The second kappa shape index (κ2) is 11.4. The Morgan fingerprint density at radius 3 is 2.48 bits per heavy atom. The smallest absolute Gasteiger partial charge is 0.271 e. The minimum atomic E-state index is -0.452. The lowest BCUT2D eigenvalue weighted by Crippen LogP contribution is -2.17. The summed E-state index contributed by atoms with van der Waals surface area (Å²) in [5, 5.41) is 15.3. The van der Waals surface area contributed by atoms with Gasteiger partial charge in [0.2, 0.25) is 0 Å². The highest BCUT2D eigenvalue weighted by Gasteiger charge is 2.13. The quantitative estimate of drug-likeness (QED) is 0.215. The van der Waals surface area contributed by atoms with E-state index in [-0.39, 0.29) is 18.2 Å². The fourth-order valence-corrected chi connectivity index (χ4v) is 3.47. The minimum absolute atomic E-state index is 0.0155. The average Bonchev–Trinajstić information content (AvgIpc) is 2.79. The number of nitrogens with zero attached hydrogens (tertiary/aromatic N) is 2. The van der Waals surface area contributed by atoms with Crippen molar-refractivity contribution in [3.63, 3.8) is 0 Å². The van der Waals surface area contributed by atoms with Gasteiger partial charge < -0.3 is 9.47 Å². The summed E-state index contributed by atoms with van der Waals surface area (Å²) in [5.74, 6) is 0.604. The van der Waals surface area contributed by atoms with Crippen LogP contribution in [0.25, 0.3) is 0 Å². The van der Waals surface area contributed by atoms with Crippen molar-refractivity contribution in [1.29, 1.82) is 0 Å². The van der Waals surface area contributed by atoms with Gasteiger partial charge in [-0.15, -0.1) is 0 Å². The van der Waals surface area contributed by atoms with Crippen molar-refractivity contribution in [3.8, 4) is 11.5 Å². The van der Waals surface area contributed by atoms with Crippen molar-refractivity contribution in [2.75, 3.05) is 6.61 Å². The molecule has 3 rings (SSSR count). The molecule has 0 spiro atoms. The van der Waals surface area contributed by atoms with E-state index in [0.717, 1.165) is 5.56 Å². The number of hydrogen-bond donors (Lipinski definition) is 1. The first-order valence-corrected chi connectivity index (χ1v) is 11.0. The number of ether oxygens (including phenoxy) is 2. The second-order valence-corrected chi connectivity index (χ2v) is 7.97. The molecule has 0 saturated carbocycles. The molecule has 1 amide bonds. The number of nitrogens with one attached hydrogen (secondary N) is 1. The van der Waals surface area contributed by atoms with Gasteiger partial charge in [0, 0.05) is 22.7 Å². The lowest BCUT2D eigenvalue weighted by atomic mass is 10.2. The van der Waals surface area contributed by atoms with E-state index in [2.05, 4.69) is 26.5 Å². The number of nitro benzene ring substituents is 1. The molecular formula is C23H19BrClN3O5. The van der Waals surface area contributed by atoms with Crippen molar-refractivity contribution in [1.82, 2.24) is 5.43 Å². The van der Waals surface area contributed by atoms with E-state index in [4.69, 9.17) is 21.1 Å². The molecule has 0 aliphatic heterocycles. The lowest BCUT2D eigenvalue weighted by molar-refractivity contribution is -0.384. The Morgan fingerprint density at radius 1 is 1.15 bits per heavy atom. The Bertz CT molecular complexity index is 1170. The Hall–Kier alpha value is -3.43. The van der Waals surface area contributed by atoms with Gasteiger partial charge in [0.25, 0.3) is 11.6 Å². The summed E-state index contributed by atoms with van der Waals surface area (Å²) in [6, 6.07) is 16.1. The van der Waals surface area contributed by atoms with E-state index in [1.165, 1.54) is 18.3 Å². The summed E-state index contributed by atoms with van der Waals surface area (Å²) in [6.07, 6.45) is 1.49. The van der Waals surface area contributed by atoms with E-state index in [0.29, 0.717) is 38.7 Å². The molecule has 0 saturated heterocycles. The molecule has 10 heteroatoms. The normalized spacial score (nSPS) is 10.8. The van der Waals surface area contributed by atoms with Crippen molar-refractivity contribution < 1.29 is 19.2 Å². The van der Waals surface area contributed by atoms with Crippen LogP contribution in [0.3, 0.4) is 0 Å². The number of benzene rings is 3. The fourth-order valence-electron chi connectivity index (χ4n) is 2.77. The largest absolute Gasteiger partial charge is 0.490 e. The number of nitro groups is 1. The van der Waals surface area contributed by atoms with Crippen LogP contribution in [-0.4, -0.2) is 23.7 Å². The molecule has 0 aromatic heterocycles. The maximum Gasteiger partial charge on any atom is 0.271 e. The van der Waals surface area contributed by atoms with Crippen molar-refractivity contribution in [3.05, 3.63) is 97.0 Å². The van der Waals surface area contributed by atoms with E-state index in [9.17, 15) is 14.9 Å². The van der Waals surface area contributed by atoms with Gasteiger partial charge in [-0.3, -0.25) is 14.9 Å². The first-order valence-electron chi connectivity index (χ1n) is 9.79. The van der Waals surface area contributed by atoms with Crippen LogP contribution in [0.2, 0.25) is 5.02 Å². The number of rotatable bonds is 9. The zero-order chi connectivity index (χ0) is 23.8. The first kappa shape index (κ1) is 24.2. The minimum Gasteiger partial charge on any atom is -0.490 e. The summed E-state index contributed by atoms with van der Waals surface area (Å²) in [4.78, 5) is 22.5. The predicted molar refractivity (Wildman–Crippen MR) is 129 cm³/mol. The van der Waals surface area contributed by atoms with E-state index >= 15 is 0 Å². The van der Waals surface area contributed by atoms with Gasteiger partial charge in [-0.25, -0.2) is 5.43 Å². The number of hydrazone groups is 1. The molecule has 33 heavy (non-hydrogen) atoms. The van der Waals surface area contributed by atoms with Gasteiger partial charge in [0.1, 0.15) is 6.61 Å². The molecule has 3 aromatic rings. The van der Waals surface area contributed by atoms with Crippen LogP contribution in [0, 0.1) is 10.1 Å². The fraction of sp³-hybridized carbons (Fsp3) is 0.130. The first-order chi connectivity index (χ1) is 15.9. The average molecular weight is 533 g/mol. The molecule has 1 N–H and O–H groups in total. The zero-order valence-electron chi connectivity index (χ0n) is 17.5. The van der Waals surface area contributed by atoms with E-state index in [1.54, 1.807) is 48.5 Å². The molecule has 0 aliphatic rings. The van der Waals surface area contributed by atoms with Crippen LogP contribution in [0.4, 0.5) is 5.69 Å². The maximum atomic E-state index is 12.2. The summed E-state index contributed by atoms with van der Waals surface area (Å²) < 4.78 is 12.2. The van der Waals surface area contributed by atoms with Crippen LogP contribution in [-0.2, 0) is 6.61 Å². The molecule has 8 nitrogen and oxygen atoms in total. The Kier molecular flexibility index (Phi) is 8.39. The summed E-state index contributed by atoms with van der Waals surface area (Å²) in [5.41, 5.74) is 4.35. The highest BCUT2D eigenvalue weighted by Crippen LogP contribution is 2.37. The van der Waals surface area contributed by atoms with Crippen molar-refractivity contribution in [2.24, 2.45) is 5.10 Å². The molecule has 0 bridgehead atoms. The van der Waals surface area contributed by atoms with Gasteiger partial charge >= 0.3 is 0 Å². The van der Waals surface area contributed by atoms with Crippen molar-refractivity contribution >= 4 is 45.3 Å². The number of carbonyl (C=O) groups excluding carboxylic acids is 1. The molecule has 0 fully saturated rings. The summed E-state index contributed by atoms with van der Waals surface area (Å²) in [6.45, 7) is 2.45. The van der Waals surface area contributed by atoms with Gasteiger partial charge in [-0.1, -0.05) is 11.6 Å². The third kappa shape index (κ3) is 6.77. The summed E-state index contributed by atoms with van der Waals surface area (Å²) >= 11 is 9.31. The van der Waals surface area contributed by atoms with Gasteiger partial charge in [0.15, 0.2) is 11.5 Å². The molecule has 170 valence electrons. The van der Waals surface area contributed by atoms with Crippen LogP contribution in [0.15, 0.2) is 70.2 Å². The SMILES string of the molecule is CCOc1cc(/C=N/NC(=O)c2ccc(Cl)cc2)cc(Br)c1OCc1ccc([N+](=O)[O-])cc1. The van der Waals surface area contributed by atoms with E-state index < -0.39 is 4.92 Å². The molecule has 0 heterocycles. The number of amides is 1. The second-order valence-electron chi connectivity index (χ2n) is 6.68.